The Morgan fingerprint density at radius 1 is 1.06 bits per heavy atom. The van der Waals surface area contributed by atoms with E-state index in [2.05, 4.69) is 0 Å². The Kier molecular flexibility index (Phi) is 3.03. The zero-order valence-electron chi connectivity index (χ0n) is 8.05. The van der Waals surface area contributed by atoms with E-state index in [0.29, 0.717) is 5.02 Å². The van der Waals surface area contributed by atoms with Gasteiger partial charge >= 0.3 is 0 Å². The molecule has 0 aliphatic carbocycles. The molecule has 1 aromatic carbocycles. The first kappa shape index (κ1) is 11.6. The minimum atomic E-state index is -3.61. The van der Waals surface area contributed by atoms with Gasteiger partial charge in [0.2, 0.25) is 10.0 Å². The molecule has 0 atom stereocenters. The molecular formula is C10H8ClNO2S2. The van der Waals surface area contributed by atoms with Crippen LogP contribution in [0.15, 0.2) is 40.6 Å². The lowest BCUT2D eigenvalue weighted by atomic mass is 10.2. The number of nitrogens with two attached hydrogens (primary N) is 1. The first-order chi connectivity index (χ1) is 7.47. The Bertz CT molecular complexity index is 602. The summed E-state index contributed by atoms with van der Waals surface area (Å²) in [7, 11) is -3.61. The van der Waals surface area contributed by atoms with Crippen molar-refractivity contribution in [3.8, 4) is 10.4 Å². The average Bonchev–Trinajstić information content (AvgIpc) is 2.67. The quantitative estimate of drug-likeness (QED) is 0.914. The number of hydrogen-bond acceptors (Lipinski definition) is 3. The van der Waals surface area contributed by atoms with Gasteiger partial charge in [0, 0.05) is 9.90 Å². The van der Waals surface area contributed by atoms with E-state index in [1.165, 1.54) is 6.07 Å². The number of halogens is 1. The number of hydrogen-bond donors (Lipinski definition) is 1. The predicted molar refractivity (Wildman–Crippen MR) is 66.1 cm³/mol. The van der Waals surface area contributed by atoms with E-state index in [4.69, 9.17) is 16.7 Å². The first-order valence-electron chi connectivity index (χ1n) is 4.35. The van der Waals surface area contributed by atoms with Gasteiger partial charge in [-0.25, -0.2) is 13.6 Å². The molecule has 2 rings (SSSR count). The summed E-state index contributed by atoms with van der Waals surface area (Å²) in [6, 6.07) is 10.4. The zero-order chi connectivity index (χ0) is 11.8. The second kappa shape index (κ2) is 4.18. The van der Waals surface area contributed by atoms with Gasteiger partial charge in [-0.2, -0.15) is 0 Å². The van der Waals surface area contributed by atoms with Crippen molar-refractivity contribution in [2.24, 2.45) is 5.14 Å². The minimum absolute atomic E-state index is 0.164. The van der Waals surface area contributed by atoms with E-state index in [1.807, 2.05) is 12.1 Å². The number of sulfonamides is 1. The summed E-state index contributed by atoms with van der Waals surface area (Å²) in [4.78, 5) is 0.848. The lowest BCUT2D eigenvalue weighted by Crippen LogP contribution is -2.09. The van der Waals surface area contributed by atoms with Crippen LogP contribution < -0.4 is 5.14 Å². The average molecular weight is 274 g/mol. The van der Waals surface area contributed by atoms with Crippen molar-refractivity contribution in [2.75, 3.05) is 0 Å². The molecule has 0 bridgehead atoms. The molecule has 0 aliphatic heterocycles. The van der Waals surface area contributed by atoms with Crippen molar-refractivity contribution in [3.63, 3.8) is 0 Å². The van der Waals surface area contributed by atoms with Crippen molar-refractivity contribution in [2.45, 2.75) is 4.21 Å². The van der Waals surface area contributed by atoms with Gasteiger partial charge in [-0.1, -0.05) is 23.7 Å². The molecule has 0 amide bonds. The van der Waals surface area contributed by atoms with Gasteiger partial charge in [0.25, 0.3) is 0 Å². The third kappa shape index (κ3) is 2.44. The Morgan fingerprint density at radius 3 is 2.19 bits per heavy atom. The van der Waals surface area contributed by atoms with E-state index in [1.54, 1.807) is 18.2 Å². The van der Waals surface area contributed by atoms with Crippen molar-refractivity contribution in [3.05, 3.63) is 41.4 Å². The van der Waals surface area contributed by atoms with Gasteiger partial charge in [-0.15, -0.1) is 11.3 Å². The van der Waals surface area contributed by atoms with Crippen LogP contribution in [-0.4, -0.2) is 8.42 Å². The van der Waals surface area contributed by atoms with Crippen LogP contribution in [0.2, 0.25) is 5.02 Å². The molecule has 0 aliphatic rings. The topological polar surface area (TPSA) is 60.2 Å². The highest BCUT2D eigenvalue weighted by Crippen LogP contribution is 2.30. The predicted octanol–water partition coefficient (Wildman–Crippen LogP) is 2.72. The highest BCUT2D eigenvalue weighted by Gasteiger charge is 2.11. The second-order valence-corrected chi connectivity index (χ2v) is 6.48. The molecule has 0 radical (unpaired) electrons. The fourth-order valence-corrected chi connectivity index (χ4v) is 3.10. The van der Waals surface area contributed by atoms with E-state index >= 15 is 0 Å². The third-order valence-electron chi connectivity index (χ3n) is 1.99. The molecular weight excluding hydrogens is 266 g/mol. The molecule has 2 aromatic rings. The van der Waals surface area contributed by atoms with Crippen molar-refractivity contribution >= 4 is 33.0 Å². The van der Waals surface area contributed by atoms with Gasteiger partial charge in [-0.05, 0) is 29.8 Å². The molecule has 16 heavy (non-hydrogen) atoms. The van der Waals surface area contributed by atoms with Gasteiger partial charge in [0.1, 0.15) is 4.21 Å². The van der Waals surface area contributed by atoms with Crippen LogP contribution in [0.5, 0.6) is 0 Å². The van der Waals surface area contributed by atoms with Gasteiger partial charge in [0.15, 0.2) is 0 Å². The van der Waals surface area contributed by atoms with Crippen LogP contribution >= 0.6 is 22.9 Å². The van der Waals surface area contributed by atoms with Crippen LogP contribution in [0.25, 0.3) is 10.4 Å². The molecule has 6 heteroatoms. The van der Waals surface area contributed by atoms with Crippen LogP contribution in [0.3, 0.4) is 0 Å². The summed E-state index contributed by atoms with van der Waals surface area (Å²) in [6.45, 7) is 0. The number of benzene rings is 1. The fraction of sp³-hybridized carbons (Fsp3) is 0. The van der Waals surface area contributed by atoms with E-state index in [9.17, 15) is 8.42 Å². The molecule has 1 aromatic heterocycles. The van der Waals surface area contributed by atoms with Crippen LogP contribution in [0.4, 0.5) is 0 Å². The summed E-state index contributed by atoms with van der Waals surface area (Å²) in [5.41, 5.74) is 0.921. The van der Waals surface area contributed by atoms with Gasteiger partial charge < -0.3 is 0 Å². The van der Waals surface area contributed by atoms with Crippen LogP contribution in [0.1, 0.15) is 0 Å². The molecule has 2 N–H and O–H groups in total. The van der Waals surface area contributed by atoms with Crippen molar-refractivity contribution < 1.29 is 8.42 Å². The Labute approximate surface area is 103 Å². The highest BCUT2D eigenvalue weighted by molar-refractivity contribution is 7.91. The number of rotatable bonds is 2. The summed E-state index contributed by atoms with van der Waals surface area (Å²) in [6.07, 6.45) is 0. The standard InChI is InChI=1S/C10H8ClNO2S2/c11-8-3-1-7(2-4-8)9-5-6-10(15-9)16(12,13)14/h1-6H,(H2,12,13,14). The Morgan fingerprint density at radius 2 is 1.69 bits per heavy atom. The van der Waals surface area contributed by atoms with E-state index in [0.717, 1.165) is 21.8 Å². The summed E-state index contributed by atoms with van der Waals surface area (Å²) in [5, 5.41) is 5.68. The summed E-state index contributed by atoms with van der Waals surface area (Å²) >= 11 is 6.91. The van der Waals surface area contributed by atoms with E-state index in [-0.39, 0.29) is 4.21 Å². The fourth-order valence-electron chi connectivity index (χ4n) is 1.24. The molecule has 0 spiro atoms. The van der Waals surface area contributed by atoms with Crippen molar-refractivity contribution in [1.29, 1.82) is 0 Å². The minimum Gasteiger partial charge on any atom is -0.224 e. The molecule has 0 saturated heterocycles. The Hall–Kier alpha value is -0.880. The maximum absolute atomic E-state index is 11.1. The molecule has 1 heterocycles. The normalized spacial score (nSPS) is 11.6. The molecule has 0 saturated carbocycles. The molecule has 3 nitrogen and oxygen atoms in total. The SMILES string of the molecule is NS(=O)(=O)c1ccc(-c2ccc(Cl)cc2)s1. The van der Waals surface area contributed by atoms with Gasteiger partial charge in [0.05, 0.1) is 0 Å². The molecule has 0 fully saturated rings. The van der Waals surface area contributed by atoms with Crippen LogP contribution in [-0.2, 0) is 10.0 Å². The second-order valence-electron chi connectivity index (χ2n) is 3.17. The summed E-state index contributed by atoms with van der Waals surface area (Å²) in [5.74, 6) is 0. The van der Waals surface area contributed by atoms with Gasteiger partial charge in [-0.3, -0.25) is 0 Å². The summed E-state index contributed by atoms with van der Waals surface area (Å²) < 4.78 is 22.4. The van der Waals surface area contributed by atoms with Crippen LogP contribution in [0, 0.1) is 0 Å². The maximum Gasteiger partial charge on any atom is 0.247 e. The maximum atomic E-state index is 11.1. The number of primary sulfonamides is 1. The van der Waals surface area contributed by atoms with E-state index < -0.39 is 10.0 Å². The highest BCUT2D eigenvalue weighted by atomic mass is 35.5. The smallest absolute Gasteiger partial charge is 0.224 e. The largest absolute Gasteiger partial charge is 0.247 e. The third-order valence-corrected chi connectivity index (χ3v) is 4.82. The lowest BCUT2D eigenvalue weighted by molar-refractivity contribution is 0.600. The zero-order valence-corrected chi connectivity index (χ0v) is 10.4. The first-order valence-corrected chi connectivity index (χ1v) is 7.09. The Balaban J connectivity index is 2.43. The lowest BCUT2D eigenvalue weighted by Gasteiger charge is -1.96. The molecule has 0 unspecified atom stereocenters. The monoisotopic (exact) mass is 273 g/mol. The number of thiophene rings is 1. The molecule has 84 valence electrons. The van der Waals surface area contributed by atoms with Crippen molar-refractivity contribution in [1.82, 2.24) is 0 Å².